The van der Waals surface area contributed by atoms with Gasteiger partial charge in [-0.2, -0.15) is 0 Å². The third-order valence-corrected chi connectivity index (χ3v) is 1.68. The summed E-state index contributed by atoms with van der Waals surface area (Å²) in [7, 11) is 1.56. The van der Waals surface area contributed by atoms with E-state index >= 15 is 0 Å². The van der Waals surface area contributed by atoms with E-state index < -0.39 is 0 Å². The molecule has 1 aromatic rings. The molecule has 0 N–H and O–H groups in total. The van der Waals surface area contributed by atoms with Crippen LogP contribution in [-0.4, -0.2) is 19.2 Å². The summed E-state index contributed by atoms with van der Waals surface area (Å²) in [5, 5.41) is 0. The Bertz CT molecular complexity index is 306. The van der Waals surface area contributed by atoms with Gasteiger partial charge < -0.3 is 9.53 Å². The van der Waals surface area contributed by atoms with Gasteiger partial charge in [0.05, 0.1) is 13.5 Å². The van der Waals surface area contributed by atoms with Crippen molar-refractivity contribution in [1.82, 2.24) is 0 Å². The van der Waals surface area contributed by atoms with Crippen LogP contribution in [0.25, 0.3) is 0 Å². The summed E-state index contributed by atoms with van der Waals surface area (Å²) < 4.78 is 4.93. The average molecular weight is 223 g/mol. The molecule has 1 radical (unpaired) electrons. The molecule has 0 fully saturated rings. The number of ether oxygens (including phenoxy) is 1. The molecule has 0 amide bonds. The van der Waals surface area contributed by atoms with E-state index in [-0.39, 0.29) is 38.0 Å². The topological polar surface area (TPSA) is 43.4 Å². The van der Waals surface area contributed by atoms with Crippen molar-refractivity contribution in [3.63, 3.8) is 0 Å². The van der Waals surface area contributed by atoms with E-state index in [1.807, 2.05) is 0 Å². The third kappa shape index (κ3) is 3.54. The van der Waals surface area contributed by atoms with Crippen LogP contribution in [0.3, 0.4) is 0 Å². The molecule has 0 unspecified atom stereocenters. The maximum absolute atomic E-state index is 11.2. The fraction of sp³-hybridized carbons (Fsp3) is 0.200. The number of benzene rings is 1. The Balaban J connectivity index is 0.00000169. The molecule has 0 aromatic heterocycles. The van der Waals surface area contributed by atoms with Crippen molar-refractivity contribution in [2.24, 2.45) is 0 Å². The second kappa shape index (κ2) is 6.65. The van der Waals surface area contributed by atoms with Crippen molar-refractivity contribution >= 4 is 12.1 Å². The van der Waals surface area contributed by atoms with E-state index in [9.17, 15) is 9.59 Å². The fourth-order valence-electron chi connectivity index (χ4n) is 0.970. The number of carbonyl (C=O) groups is 2. The van der Waals surface area contributed by atoms with Gasteiger partial charge in [0.2, 0.25) is 0 Å². The van der Waals surface area contributed by atoms with Gasteiger partial charge in [-0.25, -0.2) is 0 Å². The molecule has 0 saturated carbocycles. The number of Topliss-reactive ketones (excluding diaryl/α,β-unsaturated/α-hetero) is 1. The summed E-state index contributed by atoms with van der Waals surface area (Å²) in [5.74, 6) is 0.528. The maximum Gasteiger partial charge on any atom is 0.169 e. The standard InChI is InChI=1S/C10H10O3.Sc/c1-13-9-4-2-8(3-5-9)10(12)6-7-11;/h2-5,7H,6H2,1H3;. The Kier molecular flexibility index (Phi) is 6.28. The van der Waals surface area contributed by atoms with Crippen molar-refractivity contribution in [1.29, 1.82) is 0 Å². The van der Waals surface area contributed by atoms with Crippen molar-refractivity contribution in [2.45, 2.75) is 6.42 Å². The molecule has 3 nitrogen and oxygen atoms in total. The molecular formula is C10H10O3Sc. The molecule has 1 rings (SSSR count). The van der Waals surface area contributed by atoms with E-state index in [0.29, 0.717) is 17.6 Å². The Morgan fingerprint density at radius 2 is 1.93 bits per heavy atom. The van der Waals surface area contributed by atoms with Crippen LogP contribution in [0.1, 0.15) is 16.8 Å². The molecule has 4 heteroatoms. The van der Waals surface area contributed by atoms with Gasteiger partial charge in [0.1, 0.15) is 12.0 Å². The summed E-state index contributed by atoms with van der Waals surface area (Å²) in [5.41, 5.74) is 0.535. The Labute approximate surface area is 101 Å². The van der Waals surface area contributed by atoms with Crippen molar-refractivity contribution in [3.8, 4) is 5.75 Å². The summed E-state index contributed by atoms with van der Waals surface area (Å²) in [4.78, 5) is 21.2. The first-order valence-electron chi connectivity index (χ1n) is 3.89. The maximum atomic E-state index is 11.2. The molecule has 0 aliphatic rings. The third-order valence-electron chi connectivity index (χ3n) is 1.68. The summed E-state index contributed by atoms with van der Waals surface area (Å²) in [6, 6.07) is 6.67. The minimum Gasteiger partial charge on any atom is -0.497 e. The minimum atomic E-state index is -0.169. The molecular weight excluding hydrogens is 213 g/mol. The number of methoxy groups -OCH3 is 1. The number of hydrogen-bond donors (Lipinski definition) is 0. The zero-order chi connectivity index (χ0) is 9.68. The van der Waals surface area contributed by atoms with Crippen LogP contribution in [0.15, 0.2) is 24.3 Å². The van der Waals surface area contributed by atoms with Gasteiger partial charge in [-0.05, 0) is 24.3 Å². The van der Waals surface area contributed by atoms with Crippen LogP contribution in [0, 0.1) is 0 Å². The van der Waals surface area contributed by atoms with Crippen LogP contribution in [0.4, 0.5) is 0 Å². The number of carbonyl (C=O) groups excluding carboxylic acids is 2. The molecule has 0 aliphatic heterocycles. The van der Waals surface area contributed by atoms with Crippen molar-refractivity contribution < 1.29 is 40.2 Å². The van der Waals surface area contributed by atoms with E-state index in [1.165, 1.54) is 0 Å². The van der Waals surface area contributed by atoms with E-state index in [2.05, 4.69) is 0 Å². The van der Waals surface area contributed by atoms with E-state index in [0.717, 1.165) is 0 Å². The van der Waals surface area contributed by atoms with Crippen molar-refractivity contribution in [2.75, 3.05) is 7.11 Å². The van der Waals surface area contributed by atoms with Crippen LogP contribution in [-0.2, 0) is 30.6 Å². The van der Waals surface area contributed by atoms with Gasteiger partial charge in [0, 0.05) is 31.4 Å². The molecule has 1 aromatic carbocycles. The SMILES string of the molecule is COc1ccc(C(=O)CC=O)cc1.[Sc]. The monoisotopic (exact) mass is 223 g/mol. The van der Waals surface area contributed by atoms with Crippen LogP contribution < -0.4 is 4.74 Å². The van der Waals surface area contributed by atoms with Gasteiger partial charge >= 0.3 is 0 Å². The zero-order valence-corrected chi connectivity index (χ0v) is 9.70. The smallest absolute Gasteiger partial charge is 0.169 e. The van der Waals surface area contributed by atoms with Crippen LogP contribution in [0.5, 0.6) is 5.75 Å². The number of rotatable bonds is 4. The summed E-state index contributed by atoms with van der Waals surface area (Å²) >= 11 is 0. The molecule has 0 atom stereocenters. The van der Waals surface area contributed by atoms with E-state index in [4.69, 9.17) is 4.74 Å². The molecule has 71 valence electrons. The molecule has 0 spiro atoms. The normalized spacial score (nSPS) is 8.64. The quantitative estimate of drug-likeness (QED) is 0.441. The predicted octanol–water partition coefficient (Wildman–Crippen LogP) is 1.46. The molecule has 0 heterocycles. The second-order valence-electron chi connectivity index (χ2n) is 2.52. The van der Waals surface area contributed by atoms with E-state index in [1.54, 1.807) is 31.4 Å². The number of hydrogen-bond acceptors (Lipinski definition) is 3. The molecule has 0 aliphatic carbocycles. The first-order chi connectivity index (χ1) is 6.27. The van der Waals surface area contributed by atoms with Gasteiger partial charge in [0.15, 0.2) is 5.78 Å². The van der Waals surface area contributed by atoms with Gasteiger partial charge in [0.25, 0.3) is 0 Å². The predicted molar refractivity (Wildman–Crippen MR) is 48.0 cm³/mol. The molecule has 14 heavy (non-hydrogen) atoms. The van der Waals surface area contributed by atoms with Gasteiger partial charge in [-0.1, -0.05) is 0 Å². The number of ketones is 1. The fourth-order valence-corrected chi connectivity index (χ4v) is 0.970. The average Bonchev–Trinajstić information content (AvgIpc) is 2.18. The van der Waals surface area contributed by atoms with Gasteiger partial charge in [-0.15, -0.1) is 0 Å². The summed E-state index contributed by atoms with van der Waals surface area (Å²) in [6.07, 6.45) is 0.541. The van der Waals surface area contributed by atoms with Crippen LogP contribution >= 0.6 is 0 Å². The minimum absolute atomic E-state index is 0. The zero-order valence-electron chi connectivity index (χ0n) is 7.90. The second-order valence-corrected chi connectivity index (χ2v) is 2.52. The van der Waals surface area contributed by atoms with Gasteiger partial charge in [-0.3, -0.25) is 4.79 Å². The van der Waals surface area contributed by atoms with Crippen LogP contribution in [0.2, 0.25) is 0 Å². The Morgan fingerprint density at radius 3 is 2.36 bits per heavy atom. The first-order valence-corrected chi connectivity index (χ1v) is 3.89. The molecule has 0 saturated heterocycles. The van der Waals surface area contributed by atoms with Crippen molar-refractivity contribution in [3.05, 3.63) is 29.8 Å². The Morgan fingerprint density at radius 1 is 1.36 bits per heavy atom. The Hall–Kier alpha value is -0.770. The first kappa shape index (κ1) is 13.2. The molecule has 0 bridgehead atoms. The number of aldehydes is 1. The summed E-state index contributed by atoms with van der Waals surface area (Å²) in [6.45, 7) is 0. The largest absolute Gasteiger partial charge is 0.497 e.